The molecule has 0 saturated heterocycles. The molecule has 0 N–H and O–H groups in total. The van der Waals surface area contributed by atoms with Crippen molar-refractivity contribution in [2.75, 3.05) is 0 Å². The predicted octanol–water partition coefficient (Wildman–Crippen LogP) is 10.9. The van der Waals surface area contributed by atoms with Crippen LogP contribution < -0.4 is 0 Å². The normalized spacial score (nSPS) is 9.93. The molecule has 0 aliphatic rings. The van der Waals surface area contributed by atoms with Crippen molar-refractivity contribution >= 4 is 185 Å². The molecule has 17 rings (SSSR count). The highest BCUT2D eigenvalue weighted by molar-refractivity contribution is 6.22. The van der Waals surface area contributed by atoms with Gasteiger partial charge in [0.15, 0.2) is 68.3 Å². The number of nitrogens with zero attached hydrogens (tertiary/aromatic N) is 44. The molecule has 0 amide bonds. The maximum absolute atomic E-state index is 9.77. The van der Waals surface area contributed by atoms with Crippen molar-refractivity contribution in [1.29, 1.82) is 63.1 Å². The molecule has 5 aromatic carbocycles. The maximum atomic E-state index is 9.77. The van der Waals surface area contributed by atoms with E-state index in [0.29, 0.717) is 22.6 Å². The van der Waals surface area contributed by atoms with Crippen molar-refractivity contribution in [1.82, 2.24) is 120 Å². The van der Waals surface area contributed by atoms with E-state index in [1.165, 1.54) is 0 Å². The van der Waals surface area contributed by atoms with Gasteiger partial charge in [0, 0.05) is 5.56 Å². The number of hydrogen-bond acceptors (Lipinski definition) is 38. The van der Waals surface area contributed by atoms with E-state index >= 15 is 0 Å². The van der Waals surface area contributed by atoms with Crippen LogP contribution >= 0.6 is 0 Å². The number of aromatic nitrogens is 24. The molecule has 46 nitrogen and oxygen atoms in total. The van der Waals surface area contributed by atoms with Gasteiger partial charge in [-0.2, -0.15) is 72.7 Å². The van der Waals surface area contributed by atoms with Crippen LogP contribution in [0.4, 0.5) is 46.5 Å². The summed E-state index contributed by atoms with van der Waals surface area (Å²) in [5.74, 6) is -1.88. The van der Waals surface area contributed by atoms with E-state index in [2.05, 4.69) is 158 Å². The third-order valence-electron chi connectivity index (χ3n) is 17.0. The summed E-state index contributed by atoms with van der Waals surface area (Å²) in [6.45, 7) is 63.0. The van der Waals surface area contributed by atoms with E-state index in [4.69, 9.17) is 62.2 Å². The van der Waals surface area contributed by atoms with Crippen molar-refractivity contribution in [2.24, 2.45) is 0 Å². The average Bonchev–Trinajstić information content (AvgIpc) is 0.720. The minimum Gasteiger partial charge on any atom is -0.370 e. The van der Waals surface area contributed by atoms with Gasteiger partial charge in [0.1, 0.15) is 167 Å². The van der Waals surface area contributed by atoms with Gasteiger partial charge in [-0.1, -0.05) is 82.9 Å². The third kappa shape index (κ3) is 13.2. The van der Waals surface area contributed by atoms with Crippen LogP contribution in [-0.4, -0.2) is 126 Å². The highest BCUT2D eigenvalue weighted by atomic mass is 16.2. The van der Waals surface area contributed by atoms with Gasteiger partial charge in [-0.15, -0.1) is 39.9 Å². The molecular weight excluding hydrogens is 1590 g/mol. The van der Waals surface area contributed by atoms with Crippen LogP contribution in [0.1, 0.15) is 85.4 Å². The average molecular weight is 1600 g/mol. The Hall–Kier alpha value is -22.6. The molecule has 0 fully saturated rings. The molecule has 0 atom stereocenters. The molecule has 0 unspecified atom stereocenters. The lowest BCUT2D eigenvalue weighted by molar-refractivity contribution is -0.191. The van der Waals surface area contributed by atoms with Crippen molar-refractivity contribution < 1.29 is 9.59 Å². The lowest BCUT2D eigenvalue weighted by atomic mass is 10.1. The fourth-order valence-electron chi connectivity index (χ4n) is 11.8. The lowest BCUT2D eigenvalue weighted by Crippen LogP contribution is -2.03. The summed E-state index contributed by atoms with van der Waals surface area (Å²) in [6.07, 6.45) is 0.250. The first-order chi connectivity index (χ1) is 60.2. The summed E-state index contributed by atoms with van der Waals surface area (Å²) in [6, 6.07) is 31.1. The lowest BCUT2D eigenvalue weighted by Gasteiger charge is -2.08. The Kier molecular flexibility index (Phi) is 20.9. The quantitative estimate of drug-likeness (QED) is 0.109. The van der Waals surface area contributed by atoms with Crippen LogP contribution in [0.25, 0.3) is 182 Å². The van der Waals surface area contributed by atoms with Gasteiger partial charge < -0.3 is 38.8 Å². The molecule has 0 radical (unpaired) electrons. The van der Waals surface area contributed by atoms with Crippen molar-refractivity contribution in [3.05, 3.63) is 207 Å². The molecule has 0 aliphatic heterocycles. The van der Waals surface area contributed by atoms with Crippen molar-refractivity contribution in [2.45, 2.75) is 20.8 Å². The van der Waals surface area contributed by atoms with Gasteiger partial charge in [0.05, 0.1) is 17.1 Å². The third-order valence-corrected chi connectivity index (χ3v) is 17.0. The van der Waals surface area contributed by atoms with E-state index < -0.39 is 0 Å². The Labute approximate surface area is 686 Å². The summed E-state index contributed by atoms with van der Waals surface area (Å²) < 4.78 is 0. The van der Waals surface area contributed by atoms with Crippen molar-refractivity contribution in [3.63, 3.8) is 0 Å². The minimum atomic E-state index is -0.252. The summed E-state index contributed by atoms with van der Waals surface area (Å²) in [7, 11) is 0. The van der Waals surface area contributed by atoms with Crippen LogP contribution in [0.2, 0.25) is 0 Å². The summed E-state index contributed by atoms with van der Waals surface area (Å²) in [5.41, 5.74) is 2.85. The van der Waals surface area contributed by atoms with Crippen LogP contribution in [-0.2, 0) is 9.59 Å². The van der Waals surface area contributed by atoms with Crippen LogP contribution in [0.5, 0.6) is 0 Å². The standard InChI is InChI=1S/C23H5N11.3C18H3N11.CO2/c1-27-22-23(28-2)34-21-19-17(31-14(10-26)15(32-19)11-6-4-3-5-7-11)16-18(20(21)33-22)30-13(9-25)12(8-24)29-16;3*1-7-8(4-19)25-12-11(24-7)15-16(29-18(23-3)17(22-2)28-15)14-13(12)26-9(5-20)10(6-21)27-14;2-1-3/h3-7H;3*1H3;. The maximum Gasteiger partial charge on any atom is 0.373 e. The number of carbonyl (C=O) groups excluding carboxylic acids is 2. The fourth-order valence-corrected chi connectivity index (χ4v) is 11.8. The zero-order valence-corrected chi connectivity index (χ0v) is 61.4. The second-order valence-corrected chi connectivity index (χ2v) is 23.6. The van der Waals surface area contributed by atoms with E-state index in [9.17, 15) is 63.1 Å². The zero-order valence-electron chi connectivity index (χ0n) is 61.4. The SMILES string of the molecule is O=C=O.[C-]#[N+]c1nc2c3nc(C#N)c(C#N)nc3c3nc(C#N)c(-c4ccccc4)nc3c2nc1[N+]#[C-].[C-]#[N+]c1nc2c3nc(C)c(C#N)nc3c3nc(C#N)c(C#N)nc3c2nc1[N+]#[C-].[C-]#[N+]c1nc2c3nc(C)c(C#N)nc3c3nc(C#N)c(C#N)nc3c2nc1[N+]#[C-].[C-]#[N+]c1nc2c3nc(C)c(C#N)nc3c3nc(C#N)c(C#N)nc3c2nc1[N+]#[C-]. The summed E-state index contributed by atoms with van der Waals surface area (Å²) in [4.78, 5) is 144. The second kappa shape index (κ2) is 32.6. The number of fused-ring (bicyclic) bond motifs is 24. The molecule has 558 valence electrons. The first kappa shape index (κ1) is 79.4. The molecule has 0 bridgehead atoms. The molecule has 46 heteroatoms. The highest BCUT2D eigenvalue weighted by Gasteiger charge is 2.32. The molecule has 12 aromatic heterocycles. The van der Waals surface area contributed by atoms with Gasteiger partial charge in [-0.05, 0) is 20.8 Å². The van der Waals surface area contributed by atoms with Gasteiger partial charge in [-0.3, -0.25) is 0 Å². The Balaban J connectivity index is 0.000000141. The van der Waals surface area contributed by atoms with Gasteiger partial charge >= 0.3 is 6.15 Å². The monoisotopic (exact) mass is 1600 g/mol. The van der Waals surface area contributed by atoms with Gasteiger partial charge in [0.25, 0.3) is 46.5 Å². The van der Waals surface area contributed by atoms with E-state index in [-0.39, 0.29) is 259 Å². The Bertz CT molecular complexity index is 8150. The topological polar surface area (TPSA) is 664 Å². The Morgan fingerprint density at radius 3 is 0.500 bits per heavy atom. The summed E-state index contributed by atoms with van der Waals surface area (Å²) in [5, 5.41) is 112. The Morgan fingerprint density at radius 2 is 0.339 bits per heavy atom. The fraction of sp³-hybridized carbons (Fsp3) is 0.0385. The van der Waals surface area contributed by atoms with Gasteiger partial charge in [-0.25, -0.2) is 79.7 Å². The number of benzene rings is 5. The number of aryl methyl sites for hydroxylation is 3. The first-order valence-electron chi connectivity index (χ1n) is 33.1. The number of hydrogen-bond donors (Lipinski definition) is 0. The zero-order chi connectivity index (χ0) is 88.6. The highest BCUT2D eigenvalue weighted by Crippen LogP contribution is 2.41. The molecule has 0 aliphatic carbocycles. The van der Waals surface area contributed by atoms with E-state index in [1.54, 1.807) is 81.5 Å². The van der Waals surface area contributed by atoms with Crippen LogP contribution in [0.3, 0.4) is 0 Å². The molecule has 17 aromatic rings. The van der Waals surface area contributed by atoms with E-state index in [0.717, 1.165) is 0 Å². The largest absolute Gasteiger partial charge is 0.373 e. The Morgan fingerprint density at radius 1 is 0.202 bits per heavy atom. The van der Waals surface area contributed by atoms with Crippen LogP contribution in [0, 0.1) is 209 Å². The molecule has 12 heterocycles. The predicted molar refractivity (Wildman–Crippen MR) is 414 cm³/mol. The molecule has 0 saturated carbocycles. The smallest absolute Gasteiger partial charge is 0.370 e. The van der Waals surface area contributed by atoms with E-state index in [1.807, 2.05) is 42.5 Å². The van der Waals surface area contributed by atoms with Crippen LogP contribution in [0.15, 0.2) is 30.3 Å². The molecule has 0 spiro atoms. The number of nitriles is 12. The van der Waals surface area contributed by atoms with Gasteiger partial charge in [0.2, 0.25) is 44.1 Å². The van der Waals surface area contributed by atoms with Crippen molar-refractivity contribution in [3.8, 4) is 84.1 Å². The molecular formula is C78H14N44O2. The molecule has 124 heavy (non-hydrogen) atoms. The second-order valence-electron chi connectivity index (χ2n) is 23.6. The number of rotatable bonds is 1. The summed E-state index contributed by atoms with van der Waals surface area (Å²) >= 11 is 0. The minimum absolute atomic E-state index is 0.000146. The first-order valence-corrected chi connectivity index (χ1v) is 33.1.